The summed E-state index contributed by atoms with van der Waals surface area (Å²) in [6, 6.07) is 14.7. The number of benzene rings is 1. The largest absolute Gasteiger partial charge is 0.472 e. The Morgan fingerprint density at radius 3 is 2.77 bits per heavy atom. The van der Waals surface area contributed by atoms with E-state index in [2.05, 4.69) is 10.3 Å². The molecule has 0 aliphatic rings. The molecule has 0 saturated carbocycles. The Labute approximate surface area is 127 Å². The fourth-order valence-electron chi connectivity index (χ4n) is 1.92. The molecule has 2 heterocycles. The smallest absolute Gasteiger partial charge is 0.254 e. The molecule has 5 heteroatoms. The molecule has 0 bridgehead atoms. The summed E-state index contributed by atoms with van der Waals surface area (Å²) in [5.41, 5.74) is 1.28. The van der Waals surface area contributed by atoms with Crippen molar-refractivity contribution >= 4 is 5.91 Å². The average Bonchev–Trinajstić information content (AvgIpc) is 3.09. The van der Waals surface area contributed by atoms with Crippen LogP contribution < -0.4 is 10.1 Å². The van der Waals surface area contributed by atoms with Gasteiger partial charge in [0.15, 0.2) is 0 Å². The second kappa shape index (κ2) is 6.58. The molecule has 110 valence electrons. The molecule has 0 unspecified atom stereocenters. The lowest BCUT2D eigenvalue weighted by molar-refractivity contribution is 0.0950. The third-order valence-electron chi connectivity index (χ3n) is 3.03. The number of rotatable bonds is 5. The lowest BCUT2D eigenvalue weighted by Gasteiger charge is -2.10. The molecular weight excluding hydrogens is 280 g/mol. The normalized spacial score (nSPS) is 10.2. The van der Waals surface area contributed by atoms with Gasteiger partial charge < -0.3 is 14.5 Å². The zero-order chi connectivity index (χ0) is 15.2. The summed E-state index contributed by atoms with van der Waals surface area (Å²) in [4.78, 5) is 16.1. The van der Waals surface area contributed by atoms with Crippen LogP contribution in [0.4, 0.5) is 0 Å². The van der Waals surface area contributed by atoms with Crippen LogP contribution >= 0.6 is 0 Å². The maximum absolute atomic E-state index is 11.9. The van der Waals surface area contributed by atoms with Gasteiger partial charge in [0, 0.05) is 18.3 Å². The molecule has 22 heavy (non-hydrogen) atoms. The molecule has 0 fully saturated rings. The molecule has 0 saturated heterocycles. The Morgan fingerprint density at radius 2 is 2.00 bits per heavy atom. The summed E-state index contributed by atoms with van der Waals surface area (Å²) in [7, 11) is 0. The van der Waals surface area contributed by atoms with E-state index in [9.17, 15) is 4.79 Å². The molecule has 0 radical (unpaired) electrons. The van der Waals surface area contributed by atoms with Gasteiger partial charge in [0.1, 0.15) is 12.0 Å². The minimum atomic E-state index is -0.205. The van der Waals surface area contributed by atoms with Crippen LogP contribution in [-0.2, 0) is 6.54 Å². The maximum Gasteiger partial charge on any atom is 0.254 e. The van der Waals surface area contributed by atoms with E-state index in [0.29, 0.717) is 23.7 Å². The number of carbonyl (C=O) groups is 1. The van der Waals surface area contributed by atoms with E-state index in [1.807, 2.05) is 36.4 Å². The minimum absolute atomic E-state index is 0.205. The van der Waals surface area contributed by atoms with Crippen molar-refractivity contribution in [1.29, 1.82) is 0 Å². The van der Waals surface area contributed by atoms with Crippen LogP contribution in [0, 0.1) is 0 Å². The van der Waals surface area contributed by atoms with Gasteiger partial charge in [-0.25, -0.2) is 4.98 Å². The number of nitrogens with zero attached hydrogens (tertiary/aromatic N) is 1. The fourth-order valence-corrected chi connectivity index (χ4v) is 1.92. The van der Waals surface area contributed by atoms with Crippen LogP contribution in [0.25, 0.3) is 0 Å². The summed E-state index contributed by atoms with van der Waals surface area (Å²) in [5.74, 6) is 0.966. The molecule has 3 aromatic rings. The molecule has 1 N–H and O–H groups in total. The Morgan fingerprint density at radius 1 is 1.14 bits per heavy atom. The maximum atomic E-state index is 11.9. The van der Waals surface area contributed by atoms with Gasteiger partial charge in [0.05, 0.1) is 11.8 Å². The first-order chi connectivity index (χ1) is 10.8. The molecule has 3 rings (SSSR count). The number of hydrogen-bond acceptors (Lipinski definition) is 4. The predicted octanol–water partition coefficient (Wildman–Crippen LogP) is 3.40. The quantitative estimate of drug-likeness (QED) is 0.783. The number of ether oxygens (including phenoxy) is 1. The molecule has 0 spiro atoms. The number of hydrogen-bond donors (Lipinski definition) is 1. The van der Waals surface area contributed by atoms with Crippen molar-refractivity contribution in [1.82, 2.24) is 10.3 Å². The average molecular weight is 294 g/mol. The Kier molecular flexibility index (Phi) is 4.15. The highest BCUT2D eigenvalue weighted by molar-refractivity contribution is 5.93. The molecule has 5 nitrogen and oxygen atoms in total. The van der Waals surface area contributed by atoms with E-state index in [-0.39, 0.29) is 5.91 Å². The number of aromatic nitrogens is 1. The fraction of sp³-hybridized carbons (Fsp3) is 0.0588. The topological polar surface area (TPSA) is 64.4 Å². The number of amides is 1. The summed E-state index contributed by atoms with van der Waals surface area (Å²) in [6.07, 6.45) is 4.52. The zero-order valence-corrected chi connectivity index (χ0v) is 11.7. The van der Waals surface area contributed by atoms with E-state index >= 15 is 0 Å². The van der Waals surface area contributed by atoms with Crippen molar-refractivity contribution < 1.29 is 13.9 Å². The third kappa shape index (κ3) is 3.32. The van der Waals surface area contributed by atoms with Gasteiger partial charge in [0.25, 0.3) is 5.91 Å². The van der Waals surface area contributed by atoms with Crippen LogP contribution in [0.2, 0.25) is 0 Å². The summed E-state index contributed by atoms with van der Waals surface area (Å²) in [5, 5.41) is 2.81. The Balaban J connectivity index is 1.70. The molecule has 0 aliphatic heterocycles. The molecule has 2 aromatic heterocycles. The number of para-hydroxylation sites is 1. The van der Waals surface area contributed by atoms with E-state index < -0.39 is 0 Å². The number of nitrogens with one attached hydrogen (secondary N) is 1. The van der Waals surface area contributed by atoms with Crippen LogP contribution in [0.5, 0.6) is 11.6 Å². The van der Waals surface area contributed by atoms with Gasteiger partial charge in [-0.3, -0.25) is 4.79 Å². The van der Waals surface area contributed by atoms with Crippen molar-refractivity contribution in [3.63, 3.8) is 0 Å². The van der Waals surface area contributed by atoms with Gasteiger partial charge in [-0.05, 0) is 24.3 Å². The van der Waals surface area contributed by atoms with Crippen LogP contribution in [0.15, 0.2) is 71.7 Å². The van der Waals surface area contributed by atoms with Crippen molar-refractivity contribution in [2.45, 2.75) is 6.54 Å². The first-order valence-corrected chi connectivity index (χ1v) is 6.80. The zero-order valence-electron chi connectivity index (χ0n) is 11.7. The van der Waals surface area contributed by atoms with Gasteiger partial charge in [-0.1, -0.05) is 24.3 Å². The van der Waals surface area contributed by atoms with E-state index in [1.54, 1.807) is 18.3 Å². The van der Waals surface area contributed by atoms with Crippen LogP contribution in [-0.4, -0.2) is 10.9 Å². The molecule has 0 atom stereocenters. The number of carbonyl (C=O) groups excluding carboxylic acids is 1. The van der Waals surface area contributed by atoms with Crippen LogP contribution in [0.3, 0.4) is 0 Å². The van der Waals surface area contributed by atoms with Gasteiger partial charge in [-0.15, -0.1) is 0 Å². The SMILES string of the molecule is O=C(NCc1cccnc1Oc1ccccc1)c1ccoc1. The number of pyridine rings is 1. The van der Waals surface area contributed by atoms with Crippen molar-refractivity contribution in [2.75, 3.05) is 0 Å². The molecule has 1 amide bonds. The van der Waals surface area contributed by atoms with Crippen molar-refractivity contribution in [3.05, 3.63) is 78.4 Å². The van der Waals surface area contributed by atoms with E-state index in [0.717, 1.165) is 5.56 Å². The number of furan rings is 1. The van der Waals surface area contributed by atoms with Crippen molar-refractivity contribution in [3.8, 4) is 11.6 Å². The lowest BCUT2D eigenvalue weighted by Crippen LogP contribution is -2.22. The second-order valence-electron chi connectivity index (χ2n) is 4.58. The second-order valence-corrected chi connectivity index (χ2v) is 4.58. The van der Waals surface area contributed by atoms with Crippen molar-refractivity contribution in [2.24, 2.45) is 0 Å². The summed E-state index contributed by atoms with van der Waals surface area (Å²) in [6.45, 7) is 0.319. The van der Waals surface area contributed by atoms with Gasteiger partial charge >= 0.3 is 0 Å². The monoisotopic (exact) mass is 294 g/mol. The highest BCUT2D eigenvalue weighted by atomic mass is 16.5. The van der Waals surface area contributed by atoms with E-state index in [1.165, 1.54) is 12.5 Å². The summed E-state index contributed by atoms with van der Waals surface area (Å²) >= 11 is 0. The van der Waals surface area contributed by atoms with Crippen LogP contribution in [0.1, 0.15) is 15.9 Å². The Hall–Kier alpha value is -3.08. The van der Waals surface area contributed by atoms with E-state index in [4.69, 9.17) is 9.15 Å². The van der Waals surface area contributed by atoms with Gasteiger partial charge in [-0.2, -0.15) is 0 Å². The Bertz CT molecular complexity index is 740. The third-order valence-corrected chi connectivity index (χ3v) is 3.03. The summed E-state index contributed by atoms with van der Waals surface area (Å²) < 4.78 is 10.6. The van der Waals surface area contributed by atoms with Gasteiger partial charge in [0.2, 0.25) is 5.88 Å². The molecule has 1 aromatic carbocycles. The first kappa shape index (κ1) is 13.9. The minimum Gasteiger partial charge on any atom is -0.472 e. The first-order valence-electron chi connectivity index (χ1n) is 6.80. The highest BCUT2D eigenvalue weighted by Crippen LogP contribution is 2.22. The lowest BCUT2D eigenvalue weighted by atomic mass is 10.2. The molecular formula is C17H14N2O3. The highest BCUT2D eigenvalue weighted by Gasteiger charge is 2.10. The standard InChI is InChI=1S/C17H14N2O3/c20-16(14-8-10-21-12-14)19-11-13-5-4-9-18-17(13)22-15-6-2-1-3-7-15/h1-10,12H,11H2,(H,19,20). The molecule has 0 aliphatic carbocycles. The predicted molar refractivity (Wildman–Crippen MR) is 80.6 cm³/mol.